The van der Waals surface area contributed by atoms with Crippen molar-refractivity contribution in [2.45, 2.75) is 70.8 Å². The number of aryl methyl sites for hydroxylation is 1. The Hall–Kier alpha value is -2.59. The standard InChI is InChI=1S/C28H38Cl2N2O6Si/c1-17(33)31-16-23(27(36)37-5)32-26(35)25-21(29)13-18(14-22(25)30)11-12-24(34)19-9-8-10-20(15-19)38-39(6,7)28(2,3)4/h8-10,13-15,23-24,34H,11-12,16H2,1-7H3,(H,31,33)(H,32,35)/t23-,24?/m0/s1. The third-order valence-electron chi connectivity index (χ3n) is 6.80. The second-order valence-electron chi connectivity index (χ2n) is 10.9. The van der Waals surface area contributed by atoms with Crippen LogP contribution in [0.5, 0.6) is 5.75 Å². The highest BCUT2D eigenvalue weighted by molar-refractivity contribution is 6.74. The average molecular weight is 598 g/mol. The predicted octanol–water partition coefficient (Wildman–Crippen LogP) is 5.45. The first kappa shape index (κ1) is 32.6. The highest BCUT2D eigenvalue weighted by atomic mass is 35.5. The number of esters is 1. The average Bonchev–Trinajstić information content (AvgIpc) is 2.83. The third kappa shape index (κ3) is 9.24. The quantitative estimate of drug-likeness (QED) is 0.235. The smallest absolute Gasteiger partial charge is 0.330 e. The van der Waals surface area contributed by atoms with Crippen molar-refractivity contribution in [3.05, 3.63) is 63.1 Å². The number of hydrogen-bond donors (Lipinski definition) is 3. The molecule has 8 nitrogen and oxygen atoms in total. The van der Waals surface area contributed by atoms with Crippen molar-refractivity contribution >= 4 is 49.3 Å². The van der Waals surface area contributed by atoms with E-state index in [1.54, 1.807) is 12.1 Å². The van der Waals surface area contributed by atoms with Crippen LogP contribution in [0.2, 0.25) is 28.2 Å². The minimum Gasteiger partial charge on any atom is -0.543 e. The fourth-order valence-electron chi connectivity index (χ4n) is 3.50. The van der Waals surface area contributed by atoms with Crippen LogP contribution in [-0.2, 0) is 20.7 Å². The number of carbonyl (C=O) groups excluding carboxylic acids is 3. The first-order valence-electron chi connectivity index (χ1n) is 12.6. The molecule has 0 saturated heterocycles. The Bertz CT molecular complexity index is 1180. The minimum absolute atomic E-state index is 0.00478. The maximum Gasteiger partial charge on any atom is 0.330 e. The van der Waals surface area contributed by atoms with Crippen molar-refractivity contribution in [3.63, 3.8) is 0 Å². The van der Waals surface area contributed by atoms with Gasteiger partial charge in [-0.1, -0.05) is 56.1 Å². The lowest BCUT2D eigenvalue weighted by Gasteiger charge is -2.36. The van der Waals surface area contributed by atoms with Crippen LogP contribution in [0, 0.1) is 0 Å². The van der Waals surface area contributed by atoms with Crippen LogP contribution in [0.3, 0.4) is 0 Å². The summed E-state index contributed by atoms with van der Waals surface area (Å²) in [5, 5.41) is 16.1. The number of nitrogens with one attached hydrogen (secondary N) is 2. The zero-order valence-corrected chi connectivity index (χ0v) is 26.0. The maximum absolute atomic E-state index is 12.9. The highest BCUT2D eigenvalue weighted by Crippen LogP contribution is 2.38. The molecule has 0 aliphatic rings. The molecule has 0 saturated carbocycles. The molecule has 0 fully saturated rings. The molecule has 2 amide bonds. The van der Waals surface area contributed by atoms with E-state index in [2.05, 4.69) is 44.5 Å². The molecule has 0 radical (unpaired) electrons. The van der Waals surface area contributed by atoms with E-state index in [1.165, 1.54) is 14.0 Å². The van der Waals surface area contributed by atoms with E-state index in [1.807, 2.05) is 24.3 Å². The monoisotopic (exact) mass is 596 g/mol. The number of amides is 2. The summed E-state index contributed by atoms with van der Waals surface area (Å²) in [6.45, 7) is 12.0. The number of halogens is 2. The SMILES string of the molecule is COC(=O)[C@H](CNC(C)=O)NC(=O)c1c(Cl)cc(CCC(O)c2cccc(O[Si](C)(C)C(C)(C)C)c2)cc1Cl. The van der Waals surface area contributed by atoms with E-state index in [4.69, 9.17) is 32.4 Å². The van der Waals surface area contributed by atoms with Crippen molar-refractivity contribution in [3.8, 4) is 5.75 Å². The highest BCUT2D eigenvalue weighted by Gasteiger charge is 2.39. The second kappa shape index (κ2) is 13.7. The molecule has 0 heterocycles. The van der Waals surface area contributed by atoms with Crippen LogP contribution < -0.4 is 15.1 Å². The van der Waals surface area contributed by atoms with Crippen molar-refractivity contribution in [1.29, 1.82) is 0 Å². The minimum atomic E-state index is -2.02. The number of ether oxygens (including phenoxy) is 1. The van der Waals surface area contributed by atoms with Gasteiger partial charge in [0.2, 0.25) is 14.2 Å². The summed E-state index contributed by atoms with van der Waals surface area (Å²) < 4.78 is 11.1. The fraction of sp³-hybridized carbons (Fsp3) is 0.464. The Morgan fingerprint density at radius 2 is 1.69 bits per heavy atom. The van der Waals surface area contributed by atoms with Gasteiger partial charge in [0.15, 0.2) is 0 Å². The third-order valence-corrected chi connectivity index (χ3v) is 11.8. The summed E-state index contributed by atoms with van der Waals surface area (Å²) in [4.78, 5) is 36.1. The number of aliphatic hydroxyl groups excluding tert-OH is 1. The summed E-state index contributed by atoms with van der Waals surface area (Å²) in [6, 6.07) is 9.59. The van der Waals surface area contributed by atoms with Crippen molar-refractivity contribution < 1.29 is 28.7 Å². The zero-order valence-electron chi connectivity index (χ0n) is 23.5. The summed E-state index contributed by atoms with van der Waals surface area (Å²) in [6.07, 6.45) is 0.0922. The molecule has 39 heavy (non-hydrogen) atoms. The first-order valence-corrected chi connectivity index (χ1v) is 16.3. The fourth-order valence-corrected chi connectivity index (χ4v) is 5.23. The molecular formula is C28H38Cl2N2O6Si. The summed E-state index contributed by atoms with van der Waals surface area (Å²) >= 11 is 12.8. The van der Waals surface area contributed by atoms with E-state index in [9.17, 15) is 19.5 Å². The molecule has 2 atom stereocenters. The van der Waals surface area contributed by atoms with E-state index in [-0.39, 0.29) is 33.1 Å². The molecule has 0 bridgehead atoms. The number of carbonyl (C=O) groups is 3. The van der Waals surface area contributed by atoms with Crippen LogP contribution in [0.15, 0.2) is 36.4 Å². The molecule has 0 aliphatic heterocycles. The van der Waals surface area contributed by atoms with Gasteiger partial charge in [-0.05, 0) is 66.4 Å². The molecule has 3 N–H and O–H groups in total. The van der Waals surface area contributed by atoms with Gasteiger partial charge in [0.25, 0.3) is 5.91 Å². The lowest BCUT2D eigenvalue weighted by molar-refractivity contribution is -0.142. The van der Waals surface area contributed by atoms with Gasteiger partial charge in [-0.2, -0.15) is 0 Å². The topological polar surface area (TPSA) is 114 Å². The molecule has 0 spiro atoms. The maximum atomic E-state index is 12.9. The van der Waals surface area contributed by atoms with Crippen LogP contribution in [-0.4, -0.2) is 50.9 Å². The van der Waals surface area contributed by atoms with E-state index >= 15 is 0 Å². The number of aliphatic hydroxyl groups is 1. The molecule has 2 rings (SSSR count). The first-order chi connectivity index (χ1) is 18.1. The van der Waals surface area contributed by atoms with E-state index in [0.29, 0.717) is 12.8 Å². The number of rotatable bonds is 11. The van der Waals surface area contributed by atoms with Crippen LogP contribution in [0.1, 0.15) is 61.7 Å². The molecule has 0 aliphatic carbocycles. The molecule has 1 unspecified atom stereocenters. The normalized spacial score (nSPS) is 13.3. The Balaban J connectivity index is 2.11. The van der Waals surface area contributed by atoms with Gasteiger partial charge in [-0.3, -0.25) is 9.59 Å². The molecule has 2 aromatic rings. The Morgan fingerprint density at radius 1 is 1.08 bits per heavy atom. The van der Waals surface area contributed by atoms with Gasteiger partial charge in [0.1, 0.15) is 11.8 Å². The van der Waals surface area contributed by atoms with Gasteiger partial charge in [-0.15, -0.1) is 0 Å². The molecular weight excluding hydrogens is 559 g/mol. The van der Waals surface area contributed by atoms with Crippen LogP contribution in [0.4, 0.5) is 0 Å². The number of methoxy groups -OCH3 is 1. The second-order valence-corrected chi connectivity index (χ2v) is 16.4. The van der Waals surface area contributed by atoms with Crippen LogP contribution in [0.25, 0.3) is 0 Å². The van der Waals surface area contributed by atoms with E-state index in [0.717, 1.165) is 16.9 Å². The lowest BCUT2D eigenvalue weighted by atomic mass is 10.00. The molecule has 214 valence electrons. The van der Waals surface area contributed by atoms with Gasteiger partial charge in [-0.25, -0.2) is 4.79 Å². The Kier molecular flexibility index (Phi) is 11.4. The largest absolute Gasteiger partial charge is 0.543 e. The van der Waals surface area contributed by atoms with Gasteiger partial charge in [0, 0.05) is 13.5 Å². The zero-order chi connectivity index (χ0) is 29.5. The molecule has 2 aromatic carbocycles. The molecule has 11 heteroatoms. The van der Waals surface area contributed by atoms with Gasteiger partial charge >= 0.3 is 5.97 Å². The van der Waals surface area contributed by atoms with Gasteiger partial charge in [0.05, 0.1) is 28.8 Å². The lowest BCUT2D eigenvalue weighted by Crippen LogP contribution is -2.48. The number of hydrogen-bond acceptors (Lipinski definition) is 6. The molecule has 0 aromatic heterocycles. The van der Waals surface area contributed by atoms with Crippen molar-refractivity contribution in [2.24, 2.45) is 0 Å². The van der Waals surface area contributed by atoms with E-state index < -0.39 is 32.3 Å². The summed E-state index contributed by atoms with van der Waals surface area (Å²) in [5.41, 5.74) is 1.47. The number of benzene rings is 2. The Labute approximate surface area is 241 Å². The van der Waals surface area contributed by atoms with Crippen molar-refractivity contribution in [2.75, 3.05) is 13.7 Å². The predicted molar refractivity (Wildman–Crippen MR) is 156 cm³/mol. The summed E-state index contributed by atoms with van der Waals surface area (Å²) in [5.74, 6) is -1.04. The Morgan fingerprint density at radius 3 is 2.23 bits per heavy atom. The van der Waals surface area contributed by atoms with Crippen LogP contribution >= 0.6 is 23.2 Å². The van der Waals surface area contributed by atoms with Crippen molar-refractivity contribution in [1.82, 2.24) is 10.6 Å². The summed E-state index contributed by atoms with van der Waals surface area (Å²) in [7, 11) is -0.842. The van der Waals surface area contributed by atoms with Gasteiger partial charge < -0.3 is 24.9 Å².